The Labute approximate surface area is 577 Å². The summed E-state index contributed by atoms with van der Waals surface area (Å²) in [7, 11) is 8.59. The number of morpholine rings is 1. The highest BCUT2D eigenvalue weighted by molar-refractivity contribution is 6.00. The molecule has 3 heterocycles. The van der Waals surface area contributed by atoms with Crippen LogP contribution < -0.4 is 21.3 Å². The van der Waals surface area contributed by atoms with E-state index in [1.54, 1.807) is 41.5 Å². The highest BCUT2D eigenvalue weighted by Crippen LogP contribution is 2.34. The van der Waals surface area contributed by atoms with E-state index in [1.807, 2.05) is 48.5 Å². The first-order valence-corrected chi connectivity index (χ1v) is 35.1. The van der Waals surface area contributed by atoms with Gasteiger partial charge in [0.15, 0.2) is 6.04 Å². The van der Waals surface area contributed by atoms with Gasteiger partial charge in [0, 0.05) is 73.4 Å². The molecule has 0 radical (unpaired) electrons. The molecule has 3 fully saturated rings. The minimum absolute atomic E-state index is 0.0252. The van der Waals surface area contributed by atoms with E-state index in [2.05, 4.69) is 36.2 Å². The van der Waals surface area contributed by atoms with Crippen molar-refractivity contribution < 1.29 is 67.1 Å². The molecule has 0 bridgehead atoms. The van der Waals surface area contributed by atoms with Gasteiger partial charge in [-0.1, -0.05) is 94.6 Å². The van der Waals surface area contributed by atoms with Crippen LogP contribution in [0.3, 0.4) is 0 Å². The highest BCUT2D eigenvalue weighted by Gasteiger charge is 2.55. The molecule has 0 aromatic rings. The Bertz CT molecular complexity index is 2710. The fourth-order valence-corrected chi connectivity index (χ4v) is 12.8. The second-order valence-corrected chi connectivity index (χ2v) is 28.9. The van der Waals surface area contributed by atoms with Gasteiger partial charge >= 0.3 is 0 Å². The van der Waals surface area contributed by atoms with Gasteiger partial charge in [-0.3, -0.25) is 62.5 Å². The van der Waals surface area contributed by atoms with Gasteiger partial charge in [0.2, 0.25) is 59.1 Å². The molecule has 0 aromatic carbocycles. The molecule has 97 heavy (non-hydrogen) atoms. The fraction of sp³-hybridized carbons (Fsp3) is 0.838. The second-order valence-electron chi connectivity index (χ2n) is 28.9. The molecule has 3 saturated heterocycles. The van der Waals surface area contributed by atoms with E-state index in [1.165, 1.54) is 92.5 Å². The quantitative estimate of drug-likeness (QED) is 0.0516. The maximum Gasteiger partial charge on any atom is 0.270 e. The number of hydroxylamine groups is 2. The Kier molecular flexibility index (Phi) is 34.7. The van der Waals surface area contributed by atoms with Gasteiger partial charge in [-0.05, 0) is 127 Å². The third-order valence-electron chi connectivity index (χ3n) is 19.0. The number of carbonyl (C=O) groups is 11. The summed E-state index contributed by atoms with van der Waals surface area (Å²) in [6, 6.07) is -13.8. The molecule has 552 valence electrons. The van der Waals surface area contributed by atoms with Crippen LogP contribution in [-0.2, 0) is 67.1 Å². The number of nitrogens with zero attached hydrogens (tertiary/aromatic N) is 11. The van der Waals surface area contributed by atoms with Crippen molar-refractivity contribution in [2.24, 2.45) is 40.6 Å². The molecule has 3 aliphatic rings. The number of azide groups is 1. The molecule has 29 nitrogen and oxygen atoms in total. The summed E-state index contributed by atoms with van der Waals surface area (Å²) in [5, 5.41) is 15.7. The van der Waals surface area contributed by atoms with Crippen LogP contribution >= 0.6 is 0 Å². The maximum absolute atomic E-state index is 15.3. The summed E-state index contributed by atoms with van der Waals surface area (Å²) in [6.07, 6.45) is 1.53. The van der Waals surface area contributed by atoms with Crippen LogP contribution in [0, 0.1) is 35.5 Å². The van der Waals surface area contributed by atoms with Crippen LogP contribution in [-0.4, -0.2) is 271 Å². The van der Waals surface area contributed by atoms with Gasteiger partial charge in [-0.25, -0.2) is 5.06 Å². The number of hydrogen-bond donors (Lipinski definition) is 4. The van der Waals surface area contributed by atoms with E-state index in [-0.39, 0.29) is 62.5 Å². The average Bonchev–Trinajstić information content (AvgIpc) is 0.755. The molecule has 11 amide bonds. The lowest BCUT2D eigenvalue weighted by Gasteiger charge is -2.50. The van der Waals surface area contributed by atoms with E-state index in [0.29, 0.717) is 38.9 Å². The molecule has 0 saturated carbocycles. The summed E-state index contributed by atoms with van der Waals surface area (Å²) in [5.74, 6) is -9.60. The summed E-state index contributed by atoms with van der Waals surface area (Å²) in [4.78, 5) is 182. The van der Waals surface area contributed by atoms with Gasteiger partial charge in [-0.2, -0.15) is 0 Å². The SMILES string of the molecule is CC[C@@H]1NC(=O)[C@@H]2[C@@H]([C@H](C)CCCCN=[N+]=[N-])ON2C(=O)C(C(C)C)N(C)C(=O)[C@H](CC(C)C)N(C)C(=O)[C@H](CC(C)C)N(C)C(=O)[C@@H](C)NC(=O)C(C)NC(=O)[C@H](CC(C)C)N(C)C(=O)[C@H](C(C)C)NC(=O)C([C@@H](C)OCCCCN2CCOCC2)N(C)C(=O)[C@@H](C)N(C)C1=O. The van der Waals surface area contributed by atoms with Crippen molar-refractivity contribution >= 4 is 65.0 Å². The Balaban J connectivity index is 2.29. The number of amides is 11. The summed E-state index contributed by atoms with van der Waals surface area (Å²) >= 11 is 0. The maximum atomic E-state index is 15.3. The van der Waals surface area contributed by atoms with Gasteiger partial charge in [0.05, 0.1) is 19.3 Å². The zero-order valence-electron chi connectivity index (χ0n) is 62.4. The normalized spacial score (nSPS) is 27.9. The van der Waals surface area contributed by atoms with Crippen LogP contribution in [0.25, 0.3) is 10.4 Å². The minimum atomic E-state index is -1.40. The first-order chi connectivity index (χ1) is 45.4. The number of carbonyl (C=O) groups excluding carboxylic acids is 11. The van der Waals surface area contributed by atoms with E-state index in [9.17, 15) is 28.8 Å². The molecule has 14 atom stereocenters. The van der Waals surface area contributed by atoms with Crippen molar-refractivity contribution in [3.63, 3.8) is 0 Å². The Hall–Kier alpha value is -6.68. The molecule has 3 rings (SSSR count). The van der Waals surface area contributed by atoms with Crippen LogP contribution in [0.4, 0.5) is 0 Å². The lowest BCUT2D eigenvalue weighted by Crippen LogP contribution is -2.72. The van der Waals surface area contributed by atoms with Crippen LogP contribution in [0.5, 0.6) is 0 Å². The van der Waals surface area contributed by atoms with E-state index in [4.69, 9.17) is 19.8 Å². The molecule has 4 N–H and O–H groups in total. The van der Waals surface area contributed by atoms with Crippen molar-refractivity contribution in [1.82, 2.24) is 60.6 Å². The largest absolute Gasteiger partial charge is 0.379 e. The van der Waals surface area contributed by atoms with Gasteiger partial charge in [0.1, 0.15) is 66.5 Å². The van der Waals surface area contributed by atoms with Crippen molar-refractivity contribution in [2.75, 3.05) is 88.3 Å². The van der Waals surface area contributed by atoms with Crippen molar-refractivity contribution in [1.29, 1.82) is 0 Å². The van der Waals surface area contributed by atoms with E-state index in [0.717, 1.165) is 31.1 Å². The first kappa shape index (κ1) is 84.5. The monoisotopic (exact) mass is 1370 g/mol. The van der Waals surface area contributed by atoms with Gasteiger partial charge in [-0.15, -0.1) is 0 Å². The van der Waals surface area contributed by atoms with Crippen molar-refractivity contribution in [2.45, 2.75) is 247 Å². The lowest BCUT2D eigenvalue weighted by atomic mass is 9.88. The number of unbranched alkanes of at least 4 members (excludes halogenated alkanes) is 2. The summed E-state index contributed by atoms with van der Waals surface area (Å²) in [5.41, 5.74) is 8.89. The zero-order valence-corrected chi connectivity index (χ0v) is 62.4. The third-order valence-corrected chi connectivity index (χ3v) is 19.0. The summed E-state index contributed by atoms with van der Waals surface area (Å²) < 4.78 is 11.9. The Morgan fingerprint density at radius 2 is 1.06 bits per heavy atom. The molecule has 3 unspecified atom stereocenters. The third kappa shape index (κ3) is 23.5. The highest BCUT2D eigenvalue weighted by atomic mass is 16.7. The average molecular weight is 1370 g/mol. The molecule has 0 aliphatic carbocycles. The van der Waals surface area contributed by atoms with Crippen LogP contribution in [0.15, 0.2) is 5.11 Å². The van der Waals surface area contributed by atoms with Crippen LogP contribution in [0.2, 0.25) is 0 Å². The van der Waals surface area contributed by atoms with Crippen molar-refractivity contribution in [3.05, 3.63) is 10.4 Å². The molecule has 0 aromatic heterocycles. The standard InChI is InChI=1S/C68H121N15O14/c1-23-49-64(90)76(17)47(15)63(89)81(22)55(48(16)96-33-27-26-30-82-31-34-95-35-32-82)60(86)74-53(42(8)9)67(93)77(18)50(36-39(2)3)59(85)71-45(13)58(84)72-46(14)62(88)78(19)51(37-40(4)5)65(91)79(20)52(38-41(6)7)66(92)80(21)54(43(10)11)68(94)83-56(61(87)73-49)57(97-83)44(12)28-24-25-29-70-75-69/h39-57H,23-38H2,1-22H3,(H,71,85)(H,72,84)(H,73,87)(H,74,86)/t44-,45?,46-,47-,48-,49+,50+,51+,52+,53+,54?,55?,56+,57-/m1/s1. The minimum Gasteiger partial charge on any atom is -0.379 e. The topological polar surface area (TPSA) is 338 Å². The number of hydrogen-bond acceptors (Lipinski definition) is 16. The number of rotatable bonds is 22. The number of ether oxygens (including phenoxy) is 2. The van der Waals surface area contributed by atoms with Gasteiger partial charge < -0.3 is 60.1 Å². The molecular weight excluding hydrogens is 1250 g/mol. The first-order valence-electron chi connectivity index (χ1n) is 35.1. The predicted molar refractivity (Wildman–Crippen MR) is 367 cm³/mol. The second kappa shape index (κ2) is 39.8. The van der Waals surface area contributed by atoms with E-state index >= 15 is 24.0 Å². The molecular formula is C68H121N15O14. The lowest BCUT2D eigenvalue weighted by molar-refractivity contribution is -0.322. The fourth-order valence-electron chi connectivity index (χ4n) is 12.8. The molecule has 29 heteroatoms. The predicted octanol–water partition coefficient (Wildman–Crippen LogP) is 3.97. The smallest absolute Gasteiger partial charge is 0.270 e. The zero-order chi connectivity index (χ0) is 73.6. The molecule has 0 spiro atoms. The Morgan fingerprint density at radius 3 is 1.60 bits per heavy atom. The summed E-state index contributed by atoms with van der Waals surface area (Å²) in [6.45, 7) is 31.8. The number of likely N-dealkylation sites (N-methyl/N-ethyl adjacent to an activating group) is 6. The van der Waals surface area contributed by atoms with E-state index < -0.39 is 155 Å². The number of fused-ring (bicyclic) bond motifs is 1. The number of nitrogens with one attached hydrogen (secondary N) is 4. The van der Waals surface area contributed by atoms with Crippen molar-refractivity contribution in [3.8, 4) is 0 Å². The Morgan fingerprint density at radius 1 is 0.536 bits per heavy atom. The van der Waals surface area contributed by atoms with Gasteiger partial charge in [0.25, 0.3) is 5.91 Å². The van der Waals surface area contributed by atoms with Crippen LogP contribution in [0.1, 0.15) is 169 Å². The molecule has 3 aliphatic heterocycles.